The minimum Gasteiger partial charge on any atom is -0.480 e. The average molecular weight is 348 g/mol. The SMILES string of the molecule is C[C@H](C(=O)N1CCOC[C@H]1C(=O)O)c1ccc(Br)s1. The molecule has 1 fully saturated rings. The fourth-order valence-electron chi connectivity index (χ4n) is 2.00. The van der Waals surface area contributed by atoms with Crippen molar-refractivity contribution in [3.8, 4) is 0 Å². The van der Waals surface area contributed by atoms with E-state index in [1.54, 1.807) is 6.92 Å². The number of aliphatic carboxylic acids is 1. The quantitative estimate of drug-likeness (QED) is 0.907. The van der Waals surface area contributed by atoms with Gasteiger partial charge in [0.1, 0.15) is 0 Å². The topological polar surface area (TPSA) is 66.8 Å². The first-order valence-electron chi connectivity index (χ1n) is 5.87. The summed E-state index contributed by atoms with van der Waals surface area (Å²) >= 11 is 4.85. The Labute approximate surface area is 123 Å². The summed E-state index contributed by atoms with van der Waals surface area (Å²) in [5, 5.41) is 9.14. The molecule has 104 valence electrons. The Bertz CT molecular complexity index is 490. The molecule has 1 N–H and O–H groups in total. The minimum absolute atomic E-state index is 0.0575. The van der Waals surface area contributed by atoms with Gasteiger partial charge in [-0.05, 0) is 35.0 Å². The van der Waals surface area contributed by atoms with Crippen molar-refractivity contribution in [1.82, 2.24) is 4.90 Å². The minimum atomic E-state index is -1.02. The molecule has 1 saturated heterocycles. The van der Waals surface area contributed by atoms with E-state index >= 15 is 0 Å². The first-order chi connectivity index (χ1) is 9.00. The van der Waals surface area contributed by atoms with E-state index in [1.807, 2.05) is 12.1 Å². The fourth-order valence-corrected chi connectivity index (χ4v) is 3.47. The highest BCUT2D eigenvalue weighted by atomic mass is 79.9. The number of hydrogen-bond acceptors (Lipinski definition) is 4. The van der Waals surface area contributed by atoms with Crippen molar-refractivity contribution in [2.75, 3.05) is 19.8 Å². The molecule has 0 saturated carbocycles. The Morgan fingerprint density at radius 3 is 2.89 bits per heavy atom. The summed E-state index contributed by atoms with van der Waals surface area (Å²) in [6, 6.07) is 2.89. The number of morpholine rings is 1. The smallest absolute Gasteiger partial charge is 0.328 e. The van der Waals surface area contributed by atoms with Crippen LogP contribution in [0, 0.1) is 0 Å². The first kappa shape index (κ1) is 14.5. The maximum Gasteiger partial charge on any atom is 0.328 e. The molecule has 2 rings (SSSR count). The molecule has 1 aliphatic rings. The lowest BCUT2D eigenvalue weighted by molar-refractivity contribution is -0.158. The van der Waals surface area contributed by atoms with E-state index in [9.17, 15) is 9.59 Å². The molecule has 2 heterocycles. The van der Waals surface area contributed by atoms with Crippen LogP contribution in [0.5, 0.6) is 0 Å². The van der Waals surface area contributed by atoms with Crippen LogP contribution in [0.15, 0.2) is 15.9 Å². The van der Waals surface area contributed by atoms with Crippen LogP contribution in [0.25, 0.3) is 0 Å². The monoisotopic (exact) mass is 347 g/mol. The highest BCUT2D eigenvalue weighted by molar-refractivity contribution is 9.11. The van der Waals surface area contributed by atoms with Crippen LogP contribution in [0.1, 0.15) is 17.7 Å². The number of halogens is 1. The number of ether oxygens (including phenoxy) is 1. The van der Waals surface area contributed by atoms with Crippen LogP contribution in [-0.4, -0.2) is 47.7 Å². The maximum absolute atomic E-state index is 12.4. The van der Waals surface area contributed by atoms with Crippen molar-refractivity contribution >= 4 is 39.1 Å². The number of hydrogen-bond donors (Lipinski definition) is 1. The molecule has 0 unspecified atom stereocenters. The number of amides is 1. The van der Waals surface area contributed by atoms with Gasteiger partial charge in [0.05, 0.1) is 22.9 Å². The van der Waals surface area contributed by atoms with Crippen LogP contribution in [-0.2, 0) is 14.3 Å². The molecule has 1 aromatic heterocycles. The van der Waals surface area contributed by atoms with E-state index < -0.39 is 12.0 Å². The molecule has 0 spiro atoms. The second kappa shape index (κ2) is 6.02. The molecule has 5 nitrogen and oxygen atoms in total. The molecule has 0 aromatic carbocycles. The van der Waals surface area contributed by atoms with Crippen molar-refractivity contribution in [2.45, 2.75) is 18.9 Å². The predicted molar refractivity (Wildman–Crippen MR) is 74.4 cm³/mol. The zero-order chi connectivity index (χ0) is 14.0. The molecular weight excluding hydrogens is 334 g/mol. The van der Waals surface area contributed by atoms with Gasteiger partial charge in [0, 0.05) is 11.4 Å². The van der Waals surface area contributed by atoms with Gasteiger partial charge in [-0.2, -0.15) is 0 Å². The van der Waals surface area contributed by atoms with Crippen molar-refractivity contribution in [3.05, 3.63) is 20.8 Å². The van der Waals surface area contributed by atoms with Crippen LogP contribution < -0.4 is 0 Å². The number of thiophene rings is 1. The van der Waals surface area contributed by atoms with Crippen molar-refractivity contribution in [3.63, 3.8) is 0 Å². The normalized spacial score (nSPS) is 21.2. The standard InChI is InChI=1S/C12H14BrNO4S/c1-7(9-2-3-10(13)19-9)11(15)14-4-5-18-6-8(14)12(16)17/h2-3,7-8H,4-6H2,1H3,(H,16,17)/t7-,8-/m0/s1. The molecule has 1 amide bonds. The Morgan fingerprint density at radius 2 is 2.32 bits per heavy atom. The van der Waals surface area contributed by atoms with Gasteiger partial charge in [-0.15, -0.1) is 11.3 Å². The number of carbonyl (C=O) groups excluding carboxylic acids is 1. The Kier molecular flexibility index (Phi) is 4.59. The second-order valence-corrected chi connectivity index (χ2v) is 6.82. The summed E-state index contributed by atoms with van der Waals surface area (Å²) in [6.07, 6.45) is 0. The third-order valence-electron chi connectivity index (χ3n) is 3.09. The molecule has 0 aliphatic carbocycles. The lowest BCUT2D eigenvalue weighted by Gasteiger charge is -2.34. The number of carbonyl (C=O) groups is 2. The zero-order valence-electron chi connectivity index (χ0n) is 10.3. The average Bonchev–Trinajstić information content (AvgIpc) is 2.83. The van der Waals surface area contributed by atoms with Crippen molar-refractivity contribution in [1.29, 1.82) is 0 Å². The van der Waals surface area contributed by atoms with E-state index in [1.165, 1.54) is 16.2 Å². The largest absolute Gasteiger partial charge is 0.480 e. The Balaban J connectivity index is 2.15. The summed E-state index contributed by atoms with van der Waals surface area (Å²) in [4.78, 5) is 25.9. The van der Waals surface area contributed by atoms with Crippen molar-refractivity contribution < 1.29 is 19.4 Å². The molecule has 7 heteroatoms. The summed E-state index contributed by atoms with van der Waals surface area (Å²) in [7, 11) is 0. The third kappa shape index (κ3) is 3.16. The lowest BCUT2D eigenvalue weighted by Crippen LogP contribution is -2.53. The van der Waals surface area contributed by atoms with E-state index in [2.05, 4.69) is 15.9 Å². The van der Waals surface area contributed by atoms with Crippen LogP contribution in [0.2, 0.25) is 0 Å². The fraction of sp³-hybridized carbons (Fsp3) is 0.500. The van der Waals surface area contributed by atoms with E-state index in [4.69, 9.17) is 9.84 Å². The molecule has 0 radical (unpaired) electrons. The number of carboxylic acids is 1. The first-order valence-corrected chi connectivity index (χ1v) is 7.48. The summed E-state index contributed by atoms with van der Waals surface area (Å²) < 4.78 is 6.09. The maximum atomic E-state index is 12.4. The van der Waals surface area contributed by atoms with Gasteiger partial charge in [0.15, 0.2) is 6.04 Å². The van der Waals surface area contributed by atoms with Crippen LogP contribution in [0.4, 0.5) is 0 Å². The van der Waals surface area contributed by atoms with Crippen LogP contribution >= 0.6 is 27.3 Å². The highest BCUT2D eigenvalue weighted by Crippen LogP contribution is 2.30. The Hall–Kier alpha value is -0.920. The molecule has 2 atom stereocenters. The van der Waals surface area contributed by atoms with E-state index in [-0.39, 0.29) is 18.4 Å². The predicted octanol–water partition coefficient (Wildman–Crippen LogP) is 1.93. The second-order valence-electron chi connectivity index (χ2n) is 4.32. The van der Waals surface area contributed by atoms with Gasteiger partial charge in [-0.1, -0.05) is 0 Å². The summed E-state index contributed by atoms with van der Waals surface area (Å²) in [5.74, 6) is -1.52. The summed E-state index contributed by atoms with van der Waals surface area (Å²) in [5.41, 5.74) is 0. The number of carboxylic acid groups (broad SMARTS) is 1. The zero-order valence-corrected chi connectivity index (χ0v) is 12.7. The number of rotatable bonds is 3. The van der Waals surface area contributed by atoms with E-state index in [0.29, 0.717) is 13.2 Å². The van der Waals surface area contributed by atoms with Gasteiger partial charge in [0.2, 0.25) is 5.91 Å². The van der Waals surface area contributed by atoms with Gasteiger partial charge in [0.25, 0.3) is 0 Å². The molecule has 0 bridgehead atoms. The lowest BCUT2D eigenvalue weighted by atomic mass is 10.1. The van der Waals surface area contributed by atoms with E-state index in [0.717, 1.165) is 8.66 Å². The van der Waals surface area contributed by atoms with Crippen LogP contribution in [0.3, 0.4) is 0 Å². The molecular formula is C12H14BrNO4S. The van der Waals surface area contributed by atoms with Crippen molar-refractivity contribution in [2.24, 2.45) is 0 Å². The molecule has 1 aromatic rings. The molecule has 19 heavy (non-hydrogen) atoms. The number of nitrogens with zero attached hydrogens (tertiary/aromatic N) is 1. The third-order valence-corrected chi connectivity index (χ3v) is 4.89. The van der Waals surface area contributed by atoms with Gasteiger partial charge >= 0.3 is 5.97 Å². The van der Waals surface area contributed by atoms with Gasteiger partial charge in [-0.3, -0.25) is 4.79 Å². The Morgan fingerprint density at radius 1 is 1.58 bits per heavy atom. The molecule has 1 aliphatic heterocycles. The highest BCUT2D eigenvalue weighted by Gasteiger charge is 2.35. The van der Waals surface area contributed by atoms with Gasteiger partial charge < -0.3 is 14.7 Å². The van der Waals surface area contributed by atoms with Gasteiger partial charge in [-0.25, -0.2) is 4.79 Å². The summed E-state index contributed by atoms with van der Waals surface area (Å²) in [6.45, 7) is 2.57.